The van der Waals surface area contributed by atoms with Gasteiger partial charge in [-0.2, -0.15) is 8.78 Å². The molecule has 1 heterocycles. The summed E-state index contributed by atoms with van der Waals surface area (Å²) in [6.45, 7) is 7.45. The summed E-state index contributed by atoms with van der Waals surface area (Å²) >= 11 is 0. The molecule has 0 saturated carbocycles. The van der Waals surface area contributed by atoms with Crippen LogP contribution in [0.3, 0.4) is 0 Å². The fourth-order valence-corrected chi connectivity index (χ4v) is 2.87. The fraction of sp³-hybridized carbons (Fsp3) is 0.647. The fourth-order valence-electron chi connectivity index (χ4n) is 2.06. The molecule has 0 aromatic heterocycles. The van der Waals surface area contributed by atoms with Gasteiger partial charge in [0.15, 0.2) is 0 Å². The Bertz CT molecular complexity index is 585. The van der Waals surface area contributed by atoms with Gasteiger partial charge in [-0.15, -0.1) is 0 Å². The van der Waals surface area contributed by atoms with E-state index in [1.165, 1.54) is 12.1 Å². The quantitative estimate of drug-likeness (QED) is 0.811. The van der Waals surface area contributed by atoms with Crippen molar-refractivity contribution in [3.8, 4) is 0 Å². The number of alkyl halides is 2. The Hall–Kier alpha value is -0.890. The summed E-state index contributed by atoms with van der Waals surface area (Å²) in [5, 5.41) is 0. The first-order chi connectivity index (χ1) is 11.1. The predicted octanol–water partition coefficient (Wildman–Crippen LogP) is 3.31. The predicted molar refractivity (Wildman–Crippen MR) is 90.3 cm³/mol. The first-order valence-corrected chi connectivity index (χ1v) is 9.10. The van der Waals surface area contributed by atoms with Crippen molar-refractivity contribution in [2.24, 2.45) is 0 Å². The summed E-state index contributed by atoms with van der Waals surface area (Å²) < 4.78 is 53.4. The van der Waals surface area contributed by atoms with Crippen LogP contribution < -0.4 is 4.72 Å². The lowest BCUT2D eigenvalue weighted by atomic mass is 10.0. The molecule has 2 rings (SSSR count). The third-order valence-corrected chi connectivity index (χ3v) is 5.44. The third kappa shape index (κ3) is 5.05. The Labute approximate surface area is 144 Å². The van der Waals surface area contributed by atoms with Crippen molar-refractivity contribution in [3.63, 3.8) is 0 Å². The molecule has 1 aromatic rings. The maximum atomic E-state index is 14.3. The van der Waals surface area contributed by atoms with Crippen molar-refractivity contribution in [3.05, 3.63) is 35.4 Å². The average Bonchev–Trinajstić information content (AvgIpc) is 2.44. The molecular weight excluding hydrogens is 336 g/mol. The van der Waals surface area contributed by atoms with E-state index in [2.05, 4.69) is 4.72 Å². The number of nitrogens with one attached hydrogen (secondary N) is 1. The van der Waals surface area contributed by atoms with E-state index in [0.717, 1.165) is 0 Å². The van der Waals surface area contributed by atoms with Crippen LogP contribution in [0.4, 0.5) is 8.78 Å². The second-order valence-electron chi connectivity index (χ2n) is 7.02. The van der Waals surface area contributed by atoms with E-state index < -0.39 is 28.3 Å². The van der Waals surface area contributed by atoms with Crippen molar-refractivity contribution in [1.82, 2.24) is 4.72 Å². The lowest BCUT2D eigenvalue weighted by Crippen LogP contribution is -2.39. The van der Waals surface area contributed by atoms with Crippen LogP contribution in [0.15, 0.2) is 24.3 Å². The second kappa shape index (κ2) is 7.56. The number of hydrogen-bond donors (Lipinski definition) is 1. The van der Waals surface area contributed by atoms with Crippen molar-refractivity contribution < 1.29 is 22.5 Å². The molecule has 0 aliphatic carbocycles. The van der Waals surface area contributed by atoms with Crippen LogP contribution in [0.25, 0.3) is 0 Å². The monoisotopic (exact) mass is 361 g/mol. The van der Waals surface area contributed by atoms with Crippen LogP contribution in [0, 0.1) is 0 Å². The summed E-state index contributed by atoms with van der Waals surface area (Å²) in [7, 11) is -1.28. The molecule has 136 valence electrons. The molecule has 24 heavy (non-hydrogen) atoms. The molecule has 7 heteroatoms. The highest BCUT2D eigenvalue weighted by Gasteiger charge is 2.35. The zero-order valence-corrected chi connectivity index (χ0v) is 15.3. The molecule has 1 aliphatic rings. The molecule has 1 saturated heterocycles. The van der Waals surface area contributed by atoms with Crippen LogP contribution in [-0.4, -0.2) is 34.9 Å². The molecular formula is C17H25F2NO3S. The normalized spacial score (nSPS) is 18.9. The lowest BCUT2D eigenvalue weighted by molar-refractivity contribution is -0.175. The van der Waals surface area contributed by atoms with E-state index in [0.29, 0.717) is 18.8 Å². The lowest BCUT2D eigenvalue weighted by Gasteiger charge is -2.28. The van der Waals surface area contributed by atoms with E-state index in [4.69, 9.17) is 9.47 Å². The third-order valence-electron chi connectivity index (χ3n) is 3.76. The number of rotatable bonds is 7. The van der Waals surface area contributed by atoms with Crippen LogP contribution in [0.2, 0.25) is 0 Å². The minimum absolute atomic E-state index is 0.101. The Morgan fingerprint density at radius 3 is 2.58 bits per heavy atom. The van der Waals surface area contributed by atoms with Gasteiger partial charge in [0, 0.05) is 11.6 Å². The summed E-state index contributed by atoms with van der Waals surface area (Å²) in [6.07, 6.45) is -0.242. The van der Waals surface area contributed by atoms with Crippen molar-refractivity contribution >= 4 is 11.0 Å². The molecule has 1 aliphatic heterocycles. The van der Waals surface area contributed by atoms with Gasteiger partial charge in [0.05, 0.1) is 28.9 Å². The molecule has 0 amide bonds. The van der Waals surface area contributed by atoms with Gasteiger partial charge in [-0.25, -0.2) is 8.93 Å². The number of ether oxygens (including phenoxy) is 2. The van der Waals surface area contributed by atoms with Gasteiger partial charge in [0.25, 0.3) is 5.92 Å². The average molecular weight is 361 g/mol. The minimum Gasteiger partial charge on any atom is -0.376 e. The van der Waals surface area contributed by atoms with E-state index >= 15 is 0 Å². The molecule has 4 nitrogen and oxygen atoms in total. The number of benzene rings is 1. The van der Waals surface area contributed by atoms with Gasteiger partial charge < -0.3 is 9.47 Å². The van der Waals surface area contributed by atoms with Crippen LogP contribution in [0.1, 0.15) is 44.9 Å². The van der Waals surface area contributed by atoms with Gasteiger partial charge in [-0.05, 0) is 39.3 Å². The van der Waals surface area contributed by atoms with E-state index in [9.17, 15) is 13.0 Å². The topological polar surface area (TPSA) is 47.6 Å². The standard InChI is InChI=1S/C17H25F2NO3S/c1-12(20-24(21)16(2,3)4)13-6-5-7-14(8-13)17(18,19)11-23-15-9-22-10-15/h5-8,12,15,20H,9-11H2,1-4H3/t12-,24-/m1/s1. The highest BCUT2D eigenvalue weighted by molar-refractivity contribution is 7.84. The van der Waals surface area contributed by atoms with Gasteiger partial charge in [-0.3, -0.25) is 0 Å². The second-order valence-corrected chi connectivity index (χ2v) is 9.02. The van der Waals surface area contributed by atoms with E-state index in [-0.39, 0.29) is 17.7 Å². The van der Waals surface area contributed by atoms with Crippen LogP contribution >= 0.6 is 0 Å². The van der Waals surface area contributed by atoms with Gasteiger partial charge in [0.1, 0.15) is 12.7 Å². The molecule has 1 fully saturated rings. The Morgan fingerprint density at radius 1 is 1.38 bits per heavy atom. The molecule has 0 unspecified atom stereocenters. The van der Waals surface area contributed by atoms with E-state index in [1.807, 2.05) is 27.7 Å². The molecule has 1 N–H and O–H groups in total. The molecule has 2 atom stereocenters. The highest BCUT2D eigenvalue weighted by Crippen LogP contribution is 2.31. The highest BCUT2D eigenvalue weighted by atomic mass is 32.2. The van der Waals surface area contributed by atoms with Crippen molar-refractivity contribution in [1.29, 1.82) is 0 Å². The molecule has 1 aromatic carbocycles. The Kier molecular flexibility index (Phi) is 6.12. The zero-order chi connectivity index (χ0) is 18.0. The first kappa shape index (κ1) is 19.4. The molecule has 0 bridgehead atoms. The summed E-state index contributed by atoms with van der Waals surface area (Å²) in [6, 6.07) is 5.86. The molecule has 0 radical (unpaired) electrons. The van der Waals surface area contributed by atoms with Gasteiger partial charge in [-0.1, -0.05) is 18.2 Å². The van der Waals surface area contributed by atoms with Crippen molar-refractivity contribution in [2.45, 2.75) is 50.5 Å². The van der Waals surface area contributed by atoms with Crippen molar-refractivity contribution in [2.75, 3.05) is 19.8 Å². The first-order valence-electron chi connectivity index (χ1n) is 7.95. The SMILES string of the molecule is C[C@@H](N[S@](=O)C(C)(C)C)c1cccc(C(F)(F)COC2COC2)c1. The summed E-state index contributed by atoms with van der Waals surface area (Å²) in [5.74, 6) is -3.07. The smallest absolute Gasteiger partial charge is 0.296 e. The van der Waals surface area contributed by atoms with E-state index in [1.54, 1.807) is 12.1 Å². The van der Waals surface area contributed by atoms with Gasteiger partial charge >= 0.3 is 0 Å². The molecule has 0 spiro atoms. The van der Waals surface area contributed by atoms with Gasteiger partial charge in [0.2, 0.25) is 0 Å². The minimum atomic E-state index is -3.07. The summed E-state index contributed by atoms with van der Waals surface area (Å²) in [4.78, 5) is 0. The number of hydrogen-bond acceptors (Lipinski definition) is 3. The van der Waals surface area contributed by atoms with Crippen LogP contribution in [0.5, 0.6) is 0 Å². The van der Waals surface area contributed by atoms with Crippen LogP contribution in [-0.2, 0) is 26.4 Å². The Morgan fingerprint density at radius 2 is 2.04 bits per heavy atom. The summed E-state index contributed by atoms with van der Waals surface area (Å²) in [5.41, 5.74) is 0.562. The maximum absolute atomic E-state index is 14.3. The Balaban J connectivity index is 2.05. The maximum Gasteiger partial charge on any atom is 0.296 e. The zero-order valence-electron chi connectivity index (χ0n) is 14.5. The largest absolute Gasteiger partial charge is 0.376 e. The number of halogens is 2.